The second-order valence-corrected chi connectivity index (χ2v) is 3.39. The molecule has 0 fully saturated rings. The van der Waals surface area contributed by atoms with Crippen molar-refractivity contribution in [2.24, 2.45) is 14.1 Å². The molecule has 74 valence electrons. The number of fused-ring (bicyclic) bond motifs is 1. The third-order valence-corrected chi connectivity index (χ3v) is 2.45. The van der Waals surface area contributed by atoms with Gasteiger partial charge in [0.15, 0.2) is 11.2 Å². The van der Waals surface area contributed by atoms with E-state index in [1.807, 2.05) is 0 Å². The average Bonchev–Trinajstić information content (AvgIpc) is 2.54. The minimum atomic E-state index is -0.496. The molecule has 0 aliphatic rings. The monoisotopic (exact) mass is 212 g/mol. The molecule has 0 atom stereocenters. The lowest BCUT2D eigenvalue weighted by Gasteiger charge is -2.01. The van der Waals surface area contributed by atoms with Crippen molar-refractivity contribution in [1.82, 2.24) is 18.1 Å². The second-order valence-electron chi connectivity index (χ2n) is 2.99. The number of hydrogen-bond donors (Lipinski definition) is 1. The lowest BCUT2D eigenvalue weighted by atomic mass is 10.5. The van der Waals surface area contributed by atoms with Crippen LogP contribution in [0, 0.1) is 0 Å². The Kier molecular flexibility index (Phi) is 1.78. The van der Waals surface area contributed by atoms with E-state index in [1.54, 1.807) is 18.7 Å². The maximum atomic E-state index is 11.6. The van der Waals surface area contributed by atoms with E-state index in [0.29, 0.717) is 11.2 Å². The van der Waals surface area contributed by atoms with Crippen molar-refractivity contribution >= 4 is 24.0 Å². The Morgan fingerprint density at radius 2 is 2.00 bits per heavy atom. The smallest absolute Gasteiger partial charge is 0.328 e. The van der Waals surface area contributed by atoms with Gasteiger partial charge in [-0.1, -0.05) is 12.8 Å². The van der Waals surface area contributed by atoms with Crippen LogP contribution in [0.1, 0.15) is 0 Å². The largest absolute Gasteiger partial charge is 0.342 e. The predicted octanol–water partition coefficient (Wildman–Crippen LogP) is -0.873. The van der Waals surface area contributed by atoms with Gasteiger partial charge >= 0.3 is 5.69 Å². The third-order valence-electron chi connectivity index (χ3n) is 2.10. The minimum Gasteiger partial charge on any atom is -0.328 e. The van der Waals surface area contributed by atoms with Crippen LogP contribution in [0.2, 0.25) is 0 Å². The molecule has 2 heterocycles. The van der Waals surface area contributed by atoms with Crippen molar-refractivity contribution in [3.8, 4) is 0 Å². The Bertz CT molecular complexity index is 621. The Labute approximate surface area is 84.0 Å². The topological polar surface area (TPSA) is 61.8 Å². The molecule has 0 spiro atoms. The SMILES string of the molecule is Cn1cnc2c1c(=O)n(S)c(=O)n2C. The van der Waals surface area contributed by atoms with Crippen LogP contribution in [-0.4, -0.2) is 18.1 Å². The first-order chi connectivity index (χ1) is 6.54. The highest BCUT2D eigenvalue weighted by Crippen LogP contribution is 2.02. The fourth-order valence-corrected chi connectivity index (χ4v) is 1.56. The van der Waals surface area contributed by atoms with Crippen molar-refractivity contribution < 1.29 is 0 Å². The van der Waals surface area contributed by atoms with Gasteiger partial charge in [0.05, 0.1) is 6.33 Å². The molecule has 0 saturated heterocycles. The lowest BCUT2D eigenvalue weighted by Crippen LogP contribution is -2.34. The summed E-state index contributed by atoms with van der Waals surface area (Å²) < 4.78 is 3.61. The third kappa shape index (κ3) is 0.955. The van der Waals surface area contributed by atoms with E-state index in [4.69, 9.17) is 0 Å². The molecule has 0 bridgehead atoms. The fraction of sp³-hybridized carbons (Fsp3) is 0.286. The zero-order chi connectivity index (χ0) is 10.5. The van der Waals surface area contributed by atoms with E-state index in [1.165, 1.54) is 10.9 Å². The number of imidazole rings is 1. The van der Waals surface area contributed by atoms with Gasteiger partial charge in [0.1, 0.15) is 0 Å². The molecule has 14 heavy (non-hydrogen) atoms. The van der Waals surface area contributed by atoms with Gasteiger partial charge in [-0.2, -0.15) is 0 Å². The van der Waals surface area contributed by atoms with E-state index in [9.17, 15) is 9.59 Å². The first kappa shape index (κ1) is 9.07. The highest BCUT2D eigenvalue weighted by atomic mass is 32.1. The Morgan fingerprint density at radius 3 is 2.64 bits per heavy atom. The zero-order valence-corrected chi connectivity index (χ0v) is 8.52. The Hall–Kier alpha value is -1.50. The van der Waals surface area contributed by atoms with Crippen molar-refractivity contribution in [2.45, 2.75) is 0 Å². The Morgan fingerprint density at radius 1 is 1.36 bits per heavy atom. The predicted molar refractivity (Wildman–Crippen MR) is 54.6 cm³/mol. The van der Waals surface area contributed by atoms with Gasteiger partial charge in [0.25, 0.3) is 5.56 Å². The second kappa shape index (κ2) is 2.74. The number of aromatic nitrogens is 4. The van der Waals surface area contributed by atoms with Crippen molar-refractivity contribution in [2.75, 3.05) is 0 Å². The van der Waals surface area contributed by atoms with Gasteiger partial charge in [-0.05, 0) is 0 Å². The molecule has 6 nitrogen and oxygen atoms in total. The maximum absolute atomic E-state index is 11.6. The van der Waals surface area contributed by atoms with Gasteiger partial charge in [0, 0.05) is 14.1 Å². The zero-order valence-electron chi connectivity index (χ0n) is 7.63. The van der Waals surface area contributed by atoms with E-state index < -0.39 is 11.2 Å². The van der Waals surface area contributed by atoms with Crippen LogP contribution in [0.3, 0.4) is 0 Å². The van der Waals surface area contributed by atoms with Crippen LogP contribution in [0.15, 0.2) is 15.9 Å². The van der Waals surface area contributed by atoms with Gasteiger partial charge in [-0.3, -0.25) is 9.36 Å². The van der Waals surface area contributed by atoms with E-state index in [2.05, 4.69) is 17.8 Å². The molecule has 0 aliphatic heterocycles. The highest BCUT2D eigenvalue weighted by molar-refractivity contribution is 7.78. The van der Waals surface area contributed by atoms with Crippen LogP contribution in [-0.2, 0) is 14.1 Å². The van der Waals surface area contributed by atoms with Gasteiger partial charge < -0.3 is 4.57 Å². The molecule has 0 radical (unpaired) electrons. The molecular weight excluding hydrogens is 204 g/mol. The van der Waals surface area contributed by atoms with Gasteiger partial charge in [-0.25, -0.2) is 13.8 Å². The quantitative estimate of drug-likeness (QED) is 0.577. The van der Waals surface area contributed by atoms with Crippen LogP contribution in [0.25, 0.3) is 11.2 Å². The molecule has 2 aromatic heterocycles. The van der Waals surface area contributed by atoms with Crippen molar-refractivity contribution in [3.63, 3.8) is 0 Å². The molecule has 2 rings (SSSR count). The van der Waals surface area contributed by atoms with Crippen LogP contribution in [0.5, 0.6) is 0 Å². The normalized spacial score (nSPS) is 11.1. The number of hydrogen-bond acceptors (Lipinski definition) is 4. The fourth-order valence-electron chi connectivity index (χ4n) is 1.33. The molecule has 0 unspecified atom stereocenters. The van der Waals surface area contributed by atoms with E-state index >= 15 is 0 Å². The Balaban J connectivity index is 3.22. The summed E-state index contributed by atoms with van der Waals surface area (Å²) in [6.07, 6.45) is 1.49. The van der Waals surface area contributed by atoms with Crippen LogP contribution >= 0.6 is 12.8 Å². The maximum Gasteiger partial charge on any atom is 0.342 e. The highest BCUT2D eigenvalue weighted by Gasteiger charge is 2.12. The molecule has 7 heteroatoms. The number of thiol groups is 1. The number of nitrogens with zero attached hydrogens (tertiary/aromatic N) is 4. The summed E-state index contributed by atoms with van der Waals surface area (Å²) in [7, 11) is 3.23. The molecule has 2 aromatic rings. The molecule has 0 saturated carbocycles. The van der Waals surface area contributed by atoms with Crippen LogP contribution < -0.4 is 11.2 Å². The molecular formula is C7H8N4O2S. The van der Waals surface area contributed by atoms with Crippen LogP contribution in [0.4, 0.5) is 0 Å². The first-order valence-electron chi connectivity index (χ1n) is 3.86. The van der Waals surface area contributed by atoms with Gasteiger partial charge in [0.2, 0.25) is 0 Å². The minimum absolute atomic E-state index is 0.363. The molecule has 0 aliphatic carbocycles. The van der Waals surface area contributed by atoms with Crippen molar-refractivity contribution in [3.05, 3.63) is 27.2 Å². The summed E-state index contributed by atoms with van der Waals surface area (Å²) in [5.41, 5.74) is -0.217. The summed E-state index contributed by atoms with van der Waals surface area (Å²) in [6, 6.07) is 0. The summed E-state index contributed by atoms with van der Waals surface area (Å²) >= 11 is 3.81. The van der Waals surface area contributed by atoms with E-state index in [0.717, 1.165) is 3.97 Å². The standard InChI is InChI=1S/C7H8N4O2S/c1-9-3-8-5-4(9)6(12)11(14)7(13)10(5)2/h3,14H,1-2H3. The number of aryl methyl sites for hydroxylation is 2. The average molecular weight is 212 g/mol. The molecule has 0 aromatic carbocycles. The molecule has 0 amide bonds. The lowest BCUT2D eigenvalue weighted by molar-refractivity contribution is 0.810. The van der Waals surface area contributed by atoms with Crippen molar-refractivity contribution in [1.29, 1.82) is 0 Å². The summed E-state index contributed by atoms with van der Waals surface area (Å²) in [5, 5.41) is 0. The summed E-state index contributed by atoms with van der Waals surface area (Å²) in [4.78, 5) is 27.0. The summed E-state index contributed by atoms with van der Waals surface area (Å²) in [6.45, 7) is 0. The first-order valence-corrected chi connectivity index (χ1v) is 4.26. The summed E-state index contributed by atoms with van der Waals surface area (Å²) in [5.74, 6) is 0. The number of rotatable bonds is 0. The van der Waals surface area contributed by atoms with Gasteiger partial charge in [-0.15, -0.1) is 0 Å². The molecule has 0 N–H and O–H groups in total. The van der Waals surface area contributed by atoms with E-state index in [-0.39, 0.29) is 0 Å².